The fourth-order valence-electron chi connectivity index (χ4n) is 3.99. The molecule has 2 aromatic rings. The monoisotopic (exact) mass is 347 g/mol. The Morgan fingerprint density at radius 2 is 1.92 bits per heavy atom. The third-order valence-electron chi connectivity index (χ3n) is 5.09. The minimum absolute atomic E-state index is 0.0158. The number of nitrogens with zero attached hydrogens (tertiary/aromatic N) is 3. The van der Waals surface area contributed by atoms with E-state index in [0.717, 1.165) is 5.69 Å². The summed E-state index contributed by atoms with van der Waals surface area (Å²) in [5.41, 5.74) is 2.44. The number of halogens is 2. The van der Waals surface area contributed by atoms with Crippen molar-refractivity contribution in [2.24, 2.45) is 11.8 Å². The smallest absolute Gasteiger partial charge is 0.387 e. The number of aromatic nitrogens is 3. The van der Waals surface area contributed by atoms with E-state index in [-0.39, 0.29) is 11.8 Å². The third kappa shape index (κ3) is 2.92. The Morgan fingerprint density at radius 1 is 1.20 bits per heavy atom. The topological polar surface area (TPSA) is 57.0 Å². The first-order chi connectivity index (χ1) is 11.9. The van der Waals surface area contributed by atoms with Gasteiger partial charge in [-0.15, -0.1) is 0 Å². The van der Waals surface area contributed by atoms with E-state index in [9.17, 15) is 13.6 Å². The van der Waals surface area contributed by atoms with Crippen LogP contribution in [0.1, 0.15) is 44.3 Å². The Balaban J connectivity index is 1.65. The lowest BCUT2D eigenvalue weighted by molar-refractivity contribution is -0.118. The second-order valence-electron chi connectivity index (χ2n) is 7.08. The molecule has 0 bridgehead atoms. The number of alkyl halides is 2. The maximum atomic E-state index is 12.4. The summed E-state index contributed by atoms with van der Waals surface area (Å²) in [7, 11) is 0. The van der Waals surface area contributed by atoms with Crippen LogP contribution in [0.3, 0.4) is 0 Å². The molecule has 7 heteroatoms. The SMILES string of the molecule is CC(C)n1nc(-c2cncc(OC(F)F)c2)cc1[C@H]1[C@@H]2CC(=O)C[C@@H]21. The van der Waals surface area contributed by atoms with Crippen molar-refractivity contribution >= 4 is 5.78 Å². The predicted molar refractivity (Wildman–Crippen MR) is 86.4 cm³/mol. The molecule has 0 spiro atoms. The lowest BCUT2D eigenvalue weighted by Gasteiger charge is -2.11. The number of carbonyl (C=O) groups is 1. The molecule has 2 fully saturated rings. The highest BCUT2D eigenvalue weighted by Crippen LogP contribution is 2.62. The van der Waals surface area contributed by atoms with E-state index in [4.69, 9.17) is 0 Å². The normalized spacial score (nSPS) is 24.9. The summed E-state index contributed by atoms with van der Waals surface area (Å²) in [6.45, 7) is 1.22. The molecular weight excluding hydrogens is 328 g/mol. The van der Waals surface area contributed by atoms with Gasteiger partial charge in [0.2, 0.25) is 0 Å². The van der Waals surface area contributed by atoms with Crippen molar-refractivity contribution in [2.45, 2.75) is 45.3 Å². The van der Waals surface area contributed by atoms with Crippen molar-refractivity contribution in [3.05, 3.63) is 30.2 Å². The molecule has 0 unspecified atom stereocenters. The van der Waals surface area contributed by atoms with Crippen LogP contribution in [0.4, 0.5) is 8.78 Å². The van der Waals surface area contributed by atoms with Gasteiger partial charge in [-0.1, -0.05) is 0 Å². The summed E-state index contributed by atoms with van der Waals surface area (Å²) in [4.78, 5) is 15.5. The van der Waals surface area contributed by atoms with Crippen molar-refractivity contribution in [1.82, 2.24) is 14.8 Å². The van der Waals surface area contributed by atoms with Crippen molar-refractivity contribution in [3.63, 3.8) is 0 Å². The summed E-state index contributed by atoms with van der Waals surface area (Å²) in [5.74, 6) is 1.60. The van der Waals surface area contributed by atoms with E-state index in [0.29, 0.717) is 47.6 Å². The first kappa shape index (κ1) is 16.2. The van der Waals surface area contributed by atoms with Gasteiger partial charge in [-0.05, 0) is 37.8 Å². The van der Waals surface area contributed by atoms with Gasteiger partial charge in [-0.25, -0.2) is 0 Å². The minimum atomic E-state index is -2.88. The van der Waals surface area contributed by atoms with Crippen LogP contribution < -0.4 is 4.74 Å². The van der Waals surface area contributed by atoms with Crippen LogP contribution in [-0.4, -0.2) is 27.2 Å². The fourth-order valence-corrected chi connectivity index (χ4v) is 3.99. The zero-order valence-corrected chi connectivity index (χ0v) is 14.0. The van der Waals surface area contributed by atoms with E-state index >= 15 is 0 Å². The Labute approximate surface area is 144 Å². The fraction of sp³-hybridized carbons (Fsp3) is 0.500. The van der Waals surface area contributed by atoms with E-state index in [1.807, 2.05) is 10.7 Å². The first-order valence-electron chi connectivity index (χ1n) is 8.45. The van der Waals surface area contributed by atoms with Crippen LogP contribution >= 0.6 is 0 Å². The first-order valence-corrected chi connectivity index (χ1v) is 8.45. The summed E-state index contributed by atoms with van der Waals surface area (Å²) >= 11 is 0. The van der Waals surface area contributed by atoms with Crippen molar-refractivity contribution in [2.75, 3.05) is 0 Å². The Morgan fingerprint density at radius 3 is 2.56 bits per heavy atom. The van der Waals surface area contributed by atoms with Crippen molar-refractivity contribution in [1.29, 1.82) is 0 Å². The van der Waals surface area contributed by atoms with Crippen molar-refractivity contribution < 1.29 is 18.3 Å². The average Bonchev–Trinajstić information content (AvgIpc) is 2.91. The molecule has 25 heavy (non-hydrogen) atoms. The highest BCUT2D eigenvalue weighted by Gasteiger charge is 2.57. The minimum Gasteiger partial charge on any atom is -0.433 e. The standard InChI is InChI=1S/C18H19F2N3O2/c1-9(2)23-16(17-13-4-11(24)5-14(13)17)6-15(22-23)10-3-12(8-21-7-10)25-18(19)20/h3,6-9,13-14,17-18H,4-5H2,1-2H3/t13-,14+,17+. The van der Waals surface area contributed by atoms with E-state index < -0.39 is 6.61 Å². The Kier molecular flexibility index (Phi) is 3.81. The van der Waals surface area contributed by atoms with Gasteiger partial charge < -0.3 is 4.74 Å². The molecule has 0 amide bonds. The molecule has 2 aliphatic carbocycles. The number of hydrogen-bond acceptors (Lipinski definition) is 4. The summed E-state index contributed by atoms with van der Waals surface area (Å²) in [6, 6.07) is 3.69. The van der Waals surface area contributed by atoms with Gasteiger partial charge in [0.1, 0.15) is 11.5 Å². The predicted octanol–water partition coefficient (Wildman–Crippen LogP) is 3.82. The molecule has 2 aromatic heterocycles. The van der Waals surface area contributed by atoms with Gasteiger partial charge in [-0.3, -0.25) is 14.5 Å². The number of ether oxygens (including phenoxy) is 1. The molecule has 2 aliphatic rings. The molecule has 3 atom stereocenters. The number of ketones is 1. The molecule has 132 valence electrons. The summed E-state index contributed by atoms with van der Waals surface area (Å²) in [6.07, 6.45) is 4.17. The number of fused-ring (bicyclic) bond motifs is 1. The maximum Gasteiger partial charge on any atom is 0.387 e. The highest BCUT2D eigenvalue weighted by molar-refractivity contribution is 5.83. The lowest BCUT2D eigenvalue weighted by atomic mass is 10.1. The van der Waals surface area contributed by atoms with E-state index in [1.165, 1.54) is 12.3 Å². The molecule has 0 aliphatic heterocycles. The second-order valence-corrected chi connectivity index (χ2v) is 7.08. The van der Waals surface area contributed by atoms with Crippen LogP contribution in [0.2, 0.25) is 0 Å². The second kappa shape index (κ2) is 5.89. The number of rotatable bonds is 5. The van der Waals surface area contributed by atoms with Crippen LogP contribution in [-0.2, 0) is 4.79 Å². The highest BCUT2D eigenvalue weighted by atomic mass is 19.3. The Bertz CT molecular complexity index is 804. The van der Waals surface area contributed by atoms with Gasteiger partial charge in [0, 0.05) is 42.3 Å². The number of hydrogen-bond donors (Lipinski definition) is 0. The summed E-state index contributed by atoms with van der Waals surface area (Å²) in [5, 5.41) is 4.66. The molecule has 0 radical (unpaired) electrons. The average molecular weight is 347 g/mol. The molecular formula is C18H19F2N3O2. The molecule has 2 heterocycles. The molecule has 0 saturated heterocycles. The molecule has 0 aromatic carbocycles. The van der Waals surface area contributed by atoms with Crippen LogP contribution in [0.5, 0.6) is 5.75 Å². The number of pyridine rings is 1. The van der Waals surface area contributed by atoms with Gasteiger partial charge in [-0.2, -0.15) is 13.9 Å². The molecule has 4 rings (SSSR count). The molecule has 0 N–H and O–H groups in total. The van der Waals surface area contributed by atoms with Crippen LogP contribution in [0.25, 0.3) is 11.3 Å². The number of carbonyl (C=O) groups excluding carboxylic acids is 1. The molecule has 2 saturated carbocycles. The van der Waals surface area contributed by atoms with Gasteiger partial charge in [0.05, 0.1) is 11.9 Å². The van der Waals surface area contributed by atoms with Crippen LogP contribution in [0, 0.1) is 11.8 Å². The zero-order valence-electron chi connectivity index (χ0n) is 14.0. The summed E-state index contributed by atoms with van der Waals surface area (Å²) < 4.78 is 31.2. The van der Waals surface area contributed by atoms with Gasteiger partial charge in [0.25, 0.3) is 0 Å². The van der Waals surface area contributed by atoms with Gasteiger partial charge >= 0.3 is 6.61 Å². The van der Waals surface area contributed by atoms with Crippen molar-refractivity contribution in [3.8, 4) is 17.0 Å². The maximum absolute atomic E-state index is 12.4. The largest absolute Gasteiger partial charge is 0.433 e. The number of Topliss-reactive ketones (excluding diaryl/α,β-unsaturated/α-hetero) is 1. The van der Waals surface area contributed by atoms with E-state index in [1.54, 1.807) is 6.20 Å². The Hall–Kier alpha value is -2.31. The van der Waals surface area contributed by atoms with Crippen LogP contribution in [0.15, 0.2) is 24.5 Å². The quantitative estimate of drug-likeness (QED) is 0.825. The third-order valence-corrected chi connectivity index (χ3v) is 5.09. The lowest BCUT2D eigenvalue weighted by Crippen LogP contribution is -2.09. The van der Waals surface area contributed by atoms with E-state index in [2.05, 4.69) is 28.7 Å². The van der Waals surface area contributed by atoms with Gasteiger partial charge in [0.15, 0.2) is 0 Å². The zero-order chi connectivity index (χ0) is 17.7. The molecule has 5 nitrogen and oxygen atoms in total.